The van der Waals surface area contributed by atoms with Crippen molar-refractivity contribution in [2.24, 2.45) is 0 Å². The third-order valence-corrected chi connectivity index (χ3v) is 5.18. The SMILES string of the molecule is CNS(=O)(=O)c1ccc(Cl)c(C(=O)Nc2ccc3oc(=O)[nH]c3c2)c1. The molecule has 8 nitrogen and oxygen atoms in total. The summed E-state index contributed by atoms with van der Waals surface area (Å²) in [6, 6.07) is 8.39. The van der Waals surface area contributed by atoms with Gasteiger partial charge in [-0.1, -0.05) is 11.6 Å². The summed E-state index contributed by atoms with van der Waals surface area (Å²) >= 11 is 6.01. The van der Waals surface area contributed by atoms with Crippen LogP contribution in [0.5, 0.6) is 0 Å². The van der Waals surface area contributed by atoms with Crippen LogP contribution in [-0.2, 0) is 10.0 Å². The van der Waals surface area contributed by atoms with E-state index in [0.29, 0.717) is 16.8 Å². The summed E-state index contributed by atoms with van der Waals surface area (Å²) in [5.74, 6) is -1.20. The number of aromatic amines is 1. The Morgan fingerprint density at radius 1 is 1.20 bits per heavy atom. The molecule has 0 spiro atoms. The summed E-state index contributed by atoms with van der Waals surface area (Å²) in [7, 11) is -2.44. The predicted molar refractivity (Wildman–Crippen MR) is 92.5 cm³/mol. The lowest BCUT2D eigenvalue weighted by Gasteiger charge is -2.09. The predicted octanol–water partition coefficient (Wildman–Crippen LogP) is 1.93. The first-order chi connectivity index (χ1) is 11.8. The first-order valence-corrected chi connectivity index (χ1v) is 8.83. The molecular formula is C15H12ClN3O5S. The van der Waals surface area contributed by atoms with Crippen molar-refractivity contribution in [3.63, 3.8) is 0 Å². The van der Waals surface area contributed by atoms with Gasteiger partial charge in [-0.2, -0.15) is 0 Å². The van der Waals surface area contributed by atoms with Crippen LogP contribution in [0.25, 0.3) is 11.1 Å². The number of nitrogens with one attached hydrogen (secondary N) is 3. The summed E-state index contributed by atoms with van der Waals surface area (Å²) in [4.78, 5) is 26.0. The van der Waals surface area contributed by atoms with E-state index in [2.05, 4.69) is 15.0 Å². The first kappa shape index (κ1) is 17.2. The molecule has 3 rings (SSSR count). The molecule has 0 aliphatic heterocycles. The Balaban J connectivity index is 1.94. The molecule has 0 aliphatic carbocycles. The lowest BCUT2D eigenvalue weighted by atomic mass is 10.2. The average Bonchev–Trinajstić information content (AvgIpc) is 2.94. The molecular weight excluding hydrogens is 370 g/mol. The summed E-state index contributed by atoms with van der Waals surface area (Å²) in [5.41, 5.74) is 1.15. The Labute approximate surface area is 146 Å². The molecule has 130 valence electrons. The molecule has 0 atom stereocenters. The van der Waals surface area contributed by atoms with Crippen LogP contribution in [0, 0.1) is 0 Å². The van der Waals surface area contributed by atoms with Crippen molar-refractivity contribution in [3.05, 3.63) is 57.5 Å². The highest BCUT2D eigenvalue weighted by Gasteiger charge is 2.18. The summed E-state index contributed by atoms with van der Waals surface area (Å²) in [6.45, 7) is 0. The number of hydrogen-bond acceptors (Lipinski definition) is 5. The highest BCUT2D eigenvalue weighted by atomic mass is 35.5. The summed E-state index contributed by atoms with van der Waals surface area (Å²) in [5, 5.41) is 2.70. The number of anilines is 1. The third kappa shape index (κ3) is 3.43. The van der Waals surface area contributed by atoms with Gasteiger partial charge >= 0.3 is 5.76 Å². The number of carbonyl (C=O) groups is 1. The van der Waals surface area contributed by atoms with E-state index in [-0.39, 0.29) is 15.5 Å². The van der Waals surface area contributed by atoms with Crippen LogP contribution in [0.4, 0.5) is 5.69 Å². The van der Waals surface area contributed by atoms with Crippen molar-refractivity contribution in [1.29, 1.82) is 0 Å². The number of sulfonamides is 1. The van der Waals surface area contributed by atoms with E-state index < -0.39 is 21.7 Å². The molecule has 0 saturated carbocycles. The van der Waals surface area contributed by atoms with Gasteiger partial charge in [-0.15, -0.1) is 0 Å². The van der Waals surface area contributed by atoms with Gasteiger partial charge in [0.1, 0.15) is 0 Å². The number of rotatable bonds is 4. The summed E-state index contributed by atoms with van der Waals surface area (Å²) in [6.07, 6.45) is 0. The van der Waals surface area contributed by atoms with Gasteiger partial charge in [0.25, 0.3) is 5.91 Å². The van der Waals surface area contributed by atoms with Crippen molar-refractivity contribution in [2.45, 2.75) is 4.90 Å². The largest absolute Gasteiger partial charge is 0.417 e. The second kappa shape index (κ2) is 6.36. The van der Waals surface area contributed by atoms with E-state index >= 15 is 0 Å². The van der Waals surface area contributed by atoms with E-state index in [1.54, 1.807) is 6.07 Å². The number of H-pyrrole nitrogens is 1. The molecule has 1 amide bonds. The normalized spacial score (nSPS) is 11.6. The topological polar surface area (TPSA) is 121 Å². The van der Waals surface area contributed by atoms with Crippen molar-refractivity contribution in [2.75, 3.05) is 12.4 Å². The fourth-order valence-electron chi connectivity index (χ4n) is 2.19. The molecule has 0 radical (unpaired) electrons. The van der Waals surface area contributed by atoms with Crippen molar-refractivity contribution >= 4 is 44.3 Å². The average molecular weight is 382 g/mol. The van der Waals surface area contributed by atoms with E-state index in [0.717, 1.165) is 0 Å². The third-order valence-electron chi connectivity index (χ3n) is 3.44. The standard InChI is InChI=1S/C15H12ClN3O5S/c1-17-25(22,23)9-3-4-11(16)10(7-9)14(20)18-8-2-5-13-12(6-8)19-15(21)24-13/h2-7,17H,1H3,(H,18,20)(H,19,21). The zero-order valence-corrected chi connectivity index (χ0v) is 14.4. The van der Waals surface area contributed by atoms with Crippen molar-refractivity contribution in [1.82, 2.24) is 9.71 Å². The van der Waals surface area contributed by atoms with Crippen LogP contribution in [-0.4, -0.2) is 26.4 Å². The second-order valence-electron chi connectivity index (χ2n) is 5.03. The molecule has 1 heterocycles. The van der Waals surface area contributed by atoms with Crippen molar-refractivity contribution in [3.8, 4) is 0 Å². The molecule has 10 heteroatoms. The quantitative estimate of drug-likeness (QED) is 0.637. The molecule has 25 heavy (non-hydrogen) atoms. The van der Waals surface area contributed by atoms with Crippen LogP contribution >= 0.6 is 11.6 Å². The van der Waals surface area contributed by atoms with Crippen LogP contribution < -0.4 is 15.8 Å². The van der Waals surface area contributed by atoms with E-state index in [1.807, 2.05) is 0 Å². The minimum absolute atomic E-state index is 0.00113. The van der Waals surface area contributed by atoms with Gasteiger partial charge in [0.2, 0.25) is 10.0 Å². The van der Waals surface area contributed by atoms with Gasteiger partial charge < -0.3 is 9.73 Å². The molecule has 0 unspecified atom stereocenters. The Morgan fingerprint density at radius 3 is 2.68 bits per heavy atom. The minimum atomic E-state index is -3.71. The Kier molecular flexibility index (Phi) is 4.38. The van der Waals surface area contributed by atoms with Gasteiger partial charge in [0.15, 0.2) is 5.58 Å². The fraction of sp³-hybridized carbons (Fsp3) is 0.0667. The number of hydrogen-bond donors (Lipinski definition) is 3. The molecule has 0 bridgehead atoms. The van der Waals surface area contributed by atoms with Crippen LogP contribution in [0.2, 0.25) is 5.02 Å². The molecule has 0 fully saturated rings. The van der Waals surface area contributed by atoms with Gasteiger partial charge in [-0.25, -0.2) is 17.9 Å². The molecule has 2 aromatic carbocycles. The number of fused-ring (bicyclic) bond motifs is 1. The number of benzene rings is 2. The number of carbonyl (C=O) groups excluding carboxylic acids is 1. The first-order valence-electron chi connectivity index (χ1n) is 6.97. The fourth-order valence-corrected chi connectivity index (χ4v) is 3.15. The highest BCUT2D eigenvalue weighted by molar-refractivity contribution is 7.89. The van der Waals surface area contributed by atoms with Gasteiger partial charge in [0.05, 0.1) is 21.0 Å². The molecule has 3 N–H and O–H groups in total. The lowest BCUT2D eigenvalue weighted by molar-refractivity contribution is 0.102. The zero-order valence-electron chi connectivity index (χ0n) is 12.8. The molecule has 0 aliphatic rings. The van der Waals surface area contributed by atoms with Gasteiger partial charge in [-0.3, -0.25) is 9.78 Å². The number of halogens is 1. The molecule has 0 saturated heterocycles. The number of oxazole rings is 1. The van der Waals surface area contributed by atoms with Gasteiger partial charge in [-0.05, 0) is 43.4 Å². The van der Waals surface area contributed by atoms with Crippen LogP contribution in [0.1, 0.15) is 10.4 Å². The zero-order chi connectivity index (χ0) is 18.2. The monoisotopic (exact) mass is 381 g/mol. The van der Waals surface area contributed by atoms with Crippen LogP contribution in [0.3, 0.4) is 0 Å². The Bertz CT molecular complexity index is 1130. The number of amides is 1. The maximum absolute atomic E-state index is 12.4. The highest BCUT2D eigenvalue weighted by Crippen LogP contribution is 2.23. The molecule has 1 aromatic heterocycles. The lowest BCUT2D eigenvalue weighted by Crippen LogP contribution is -2.20. The Morgan fingerprint density at radius 2 is 1.96 bits per heavy atom. The van der Waals surface area contributed by atoms with Crippen molar-refractivity contribution < 1.29 is 17.6 Å². The van der Waals surface area contributed by atoms with Crippen LogP contribution in [0.15, 0.2) is 50.5 Å². The van der Waals surface area contributed by atoms with E-state index in [9.17, 15) is 18.0 Å². The molecule has 3 aromatic rings. The van der Waals surface area contributed by atoms with E-state index in [1.165, 1.54) is 37.4 Å². The van der Waals surface area contributed by atoms with E-state index in [4.69, 9.17) is 16.0 Å². The minimum Gasteiger partial charge on any atom is -0.408 e. The Hall–Kier alpha value is -2.62. The second-order valence-corrected chi connectivity index (χ2v) is 7.32. The maximum atomic E-state index is 12.4. The summed E-state index contributed by atoms with van der Waals surface area (Å²) < 4.78 is 30.8. The smallest absolute Gasteiger partial charge is 0.408 e. The maximum Gasteiger partial charge on any atom is 0.417 e. The van der Waals surface area contributed by atoms with Gasteiger partial charge in [0, 0.05) is 5.69 Å². The number of aromatic nitrogens is 1.